The van der Waals surface area contributed by atoms with Crippen LogP contribution in [0.5, 0.6) is 5.75 Å². The minimum atomic E-state index is -1.07. The van der Waals surface area contributed by atoms with Crippen molar-refractivity contribution in [3.63, 3.8) is 0 Å². The smallest absolute Gasteiger partial charge is 0.324 e. The molecule has 1 unspecified atom stereocenters. The third-order valence-corrected chi connectivity index (χ3v) is 2.04. The molecule has 0 bridgehead atoms. The number of rotatable bonds is 4. The first-order chi connectivity index (χ1) is 6.59. The number of carboxylic acid groups (broad SMARTS) is 1. The number of nitrogens with two attached hydrogens (primary N) is 1. The molecule has 5 heteroatoms. The normalized spacial score (nSPS) is 12.1. The fourth-order valence-electron chi connectivity index (χ4n) is 0.814. The lowest BCUT2D eigenvalue weighted by atomic mass is 10.3. The van der Waals surface area contributed by atoms with Gasteiger partial charge >= 0.3 is 5.97 Å². The average molecular weight is 260 g/mol. The molecular formula is C9H10BrNO3. The van der Waals surface area contributed by atoms with Gasteiger partial charge in [0, 0.05) is 4.47 Å². The highest BCUT2D eigenvalue weighted by Crippen LogP contribution is 2.17. The van der Waals surface area contributed by atoms with Gasteiger partial charge in [-0.3, -0.25) is 4.79 Å². The molecule has 0 saturated heterocycles. The Hall–Kier alpha value is -1.07. The predicted octanol–water partition coefficient (Wildman–Crippen LogP) is 1.24. The Morgan fingerprint density at radius 1 is 1.64 bits per heavy atom. The van der Waals surface area contributed by atoms with Gasteiger partial charge in [0.25, 0.3) is 0 Å². The van der Waals surface area contributed by atoms with Crippen molar-refractivity contribution in [3.05, 3.63) is 28.7 Å². The molecule has 0 spiro atoms. The summed E-state index contributed by atoms with van der Waals surface area (Å²) in [5.74, 6) is -0.476. The SMILES string of the molecule is NC(COc1cccc(Br)c1)C(=O)O. The van der Waals surface area contributed by atoms with Gasteiger partial charge < -0.3 is 15.6 Å². The lowest BCUT2D eigenvalue weighted by Crippen LogP contribution is -2.36. The summed E-state index contributed by atoms with van der Waals surface area (Å²) in [6, 6.07) is 6.14. The molecule has 14 heavy (non-hydrogen) atoms. The standard InChI is InChI=1S/C9H10BrNO3/c10-6-2-1-3-7(4-6)14-5-8(11)9(12)13/h1-4,8H,5,11H2,(H,12,13). The van der Waals surface area contributed by atoms with Crippen LogP contribution in [0.2, 0.25) is 0 Å². The molecule has 76 valence electrons. The Balaban J connectivity index is 2.49. The van der Waals surface area contributed by atoms with Crippen LogP contribution in [0.4, 0.5) is 0 Å². The maximum Gasteiger partial charge on any atom is 0.324 e. The van der Waals surface area contributed by atoms with Crippen LogP contribution in [-0.2, 0) is 4.79 Å². The van der Waals surface area contributed by atoms with Crippen molar-refractivity contribution in [3.8, 4) is 5.75 Å². The predicted molar refractivity (Wildman–Crippen MR) is 55.2 cm³/mol. The molecule has 0 aliphatic heterocycles. The van der Waals surface area contributed by atoms with Gasteiger partial charge in [-0.05, 0) is 18.2 Å². The Bertz CT molecular complexity index is 330. The monoisotopic (exact) mass is 259 g/mol. The van der Waals surface area contributed by atoms with Gasteiger partial charge in [-0.1, -0.05) is 22.0 Å². The van der Waals surface area contributed by atoms with Crippen LogP contribution in [0.15, 0.2) is 28.7 Å². The second kappa shape index (κ2) is 4.97. The van der Waals surface area contributed by atoms with Crippen molar-refractivity contribution in [1.82, 2.24) is 0 Å². The highest BCUT2D eigenvalue weighted by Gasteiger charge is 2.11. The zero-order chi connectivity index (χ0) is 10.6. The molecule has 0 amide bonds. The van der Waals surface area contributed by atoms with Crippen LogP contribution >= 0.6 is 15.9 Å². The Kier molecular flexibility index (Phi) is 3.91. The van der Waals surface area contributed by atoms with Crippen molar-refractivity contribution < 1.29 is 14.6 Å². The maximum absolute atomic E-state index is 10.4. The third-order valence-electron chi connectivity index (χ3n) is 1.54. The zero-order valence-electron chi connectivity index (χ0n) is 7.31. The van der Waals surface area contributed by atoms with Gasteiger partial charge in [-0.25, -0.2) is 0 Å². The van der Waals surface area contributed by atoms with E-state index in [1.165, 1.54) is 0 Å². The van der Waals surface area contributed by atoms with Gasteiger partial charge in [0.1, 0.15) is 18.4 Å². The van der Waals surface area contributed by atoms with Crippen LogP contribution < -0.4 is 10.5 Å². The topological polar surface area (TPSA) is 72.5 Å². The lowest BCUT2D eigenvalue weighted by molar-refractivity contribution is -0.139. The molecule has 0 fully saturated rings. The van der Waals surface area contributed by atoms with E-state index >= 15 is 0 Å². The van der Waals surface area contributed by atoms with Crippen LogP contribution in [0, 0.1) is 0 Å². The van der Waals surface area contributed by atoms with E-state index < -0.39 is 12.0 Å². The van der Waals surface area contributed by atoms with Crippen LogP contribution in [0.3, 0.4) is 0 Å². The van der Waals surface area contributed by atoms with Gasteiger partial charge in [0.15, 0.2) is 0 Å². The summed E-state index contributed by atoms with van der Waals surface area (Å²) in [5.41, 5.74) is 5.27. The average Bonchev–Trinajstić information content (AvgIpc) is 2.14. The molecule has 0 heterocycles. The summed E-state index contributed by atoms with van der Waals surface area (Å²) < 4.78 is 6.05. The minimum Gasteiger partial charge on any atom is -0.491 e. The number of benzene rings is 1. The summed E-state index contributed by atoms with van der Waals surface area (Å²) in [4.78, 5) is 10.4. The molecule has 0 saturated carbocycles. The summed E-state index contributed by atoms with van der Waals surface area (Å²) in [5, 5.41) is 8.50. The Labute approximate surface area is 89.8 Å². The number of hydrogen-bond acceptors (Lipinski definition) is 3. The molecule has 0 aliphatic rings. The number of ether oxygens (including phenoxy) is 1. The first-order valence-electron chi connectivity index (χ1n) is 3.96. The Morgan fingerprint density at radius 3 is 2.93 bits per heavy atom. The second-order valence-corrected chi connectivity index (χ2v) is 3.63. The number of aliphatic carboxylic acids is 1. The fraction of sp³-hybridized carbons (Fsp3) is 0.222. The summed E-state index contributed by atoms with van der Waals surface area (Å²) in [6.07, 6.45) is 0. The third kappa shape index (κ3) is 3.35. The largest absolute Gasteiger partial charge is 0.491 e. The first-order valence-corrected chi connectivity index (χ1v) is 4.75. The summed E-state index contributed by atoms with van der Waals surface area (Å²) >= 11 is 3.27. The van der Waals surface area contributed by atoms with Crippen LogP contribution in [-0.4, -0.2) is 23.7 Å². The molecule has 1 atom stereocenters. The van der Waals surface area contributed by atoms with Gasteiger partial charge in [-0.2, -0.15) is 0 Å². The van der Waals surface area contributed by atoms with E-state index in [0.29, 0.717) is 5.75 Å². The van der Waals surface area contributed by atoms with Crippen LogP contribution in [0.1, 0.15) is 0 Å². The molecular weight excluding hydrogens is 250 g/mol. The van der Waals surface area contributed by atoms with E-state index in [1.807, 2.05) is 6.07 Å². The van der Waals surface area contributed by atoms with E-state index in [2.05, 4.69) is 15.9 Å². The van der Waals surface area contributed by atoms with E-state index in [4.69, 9.17) is 15.6 Å². The minimum absolute atomic E-state index is 0.0359. The molecule has 0 radical (unpaired) electrons. The van der Waals surface area contributed by atoms with Crippen molar-refractivity contribution in [2.24, 2.45) is 5.73 Å². The van der Waals surface area contributed by atoms with Gasteiger partial charge in [0.2, 0.25) is 0 Å². The van der Waals surface area contributed by atoms with Crippen LogP contribution in [0.25, 0.3) is 0 Å². The number of halogens is 1. The van der Waals surface area contributed by atoms with Crippen molar-refractivity contribution >= 4 is 21.9 Å². The van der Waals surface area contributed by atoms with Crippen molar-refractivity contribution in [2.75, 3.05) is 6.61 Å². The molecule has 3 N–H and O–H groups in total. The van der Waals surface area contributed by atoms with Gasteiger partial charge in [0.05, 0.1) is 0 Å². The highest BCUT2D eigenvalue weighted by atomic mass is 79.9. The first kappa shape index (κ1) is 11.0. The van der Waals surface area contributed by atoms with E-state index in [9.17, 15) is 4.79 Å². The summed E-state index contributed by atoms with van der Waals surface area (Å²) in [7, 11) is 0. The number of carboxylic acids is 1. The quantitative estimate of drug-likeness (QED) is 0.854. The molecule has 1 aromatic carbocycles. The van der Waals surface area contributed by atoms with E-state index in [0.717, 1.165) is 4.47 Å². The second-order valence-electron chi connectivity index (χ2n) is 2.71. The van der Waals surface area contributed by atoms with E-state index in [-0.39, 0.29) is 6.61 Å². The molecule has 4 nitrogen and oxygen atoms in total. The fourth-order valence-corrected chi connectivity index (χ4v) is 1.19. The van der Waals surface area contributed by atoms with Gasteiger partial charge in [-0.15, -0.1) is 0 Å². The maximum atomic E-state index is 10.4. The Morgan fingerprint density at radius 2 is 2.36 bits per heavy atom. The number of hydrogen-bond donors (Lipinski definition) is 2. The highest BCUT2D eigenvalue weighted by molar-refractivity contribution is 9.10. The zero-order valence-corrected chi connectivity index (χ0v) is 8.90. The molecule has 0 aromatic heterocycles. The lowest BCUT2D eigenvalue weighted by Gasteiger charge is -2.09. The molecule has 1 aromatic rings. The summed E-state index contributed by atoms with van der Waals surface area (Å²) in [6.45, 7) is -0.0359. The van der Waals surface area contributed by atoms with Crippen molar-refractivity contribution in [1.29, 1.82) is 0 Å². The molecule has 0 aliphatic carbocycles. The molecule has 1 rings (SSSR count). The van der Waals surface area contributed by atoms with E-state index in [1.54, 1.807) is 18.2 Å². The number of carbonyl (C=O) groups is 1. The van der Waals surface area contributed by atoms with Crippen molar-refractivity contribution in [2.45, 2.75) is 6.04 Å².